The zero-order valence-electron chi connectivity index (χ0n) is 19.6. The Hall–Kier alpha value is -3.32. The Kier molecular flexibility index (Phi) is 7.10. The van der Waals surface area contributed by atoms with Crippen molar-refractivity contribution in [1.29, 1.82) is 0 Å². The molecule has 2 aliphatic rings. The van der Waals surface area contributed by atoms with Crippen LogP contribution >= 0.6 is 0 Å². The Bertz CT molecular complexity index is 1040. The largest absolute Gasteiger partial charge is 0.355 e. The second-order valence-electron chi connectivity index (χ2n) is 9.29. The first-order valence-electron chi connectivity index (χ1n) is 12.3. The molecular formula is C27H32N6O. The van der Waals surface area contributed by atoms with Gasteiger partial charge in [-0.3, -0.25) is 14.7 Å². The number of rotatable bonds is 6. The summed E-state index contributed by atoms with van der Waals surface area (Å²) in [7, 11) is 0. The lowest BCUT2D eigenvalue weighted by molar-refractivity contribution is 0.0620. The van der Waals surface area contributed by atoms with Gasteiger partial charge in [-0.15, -0.1) is 10.2 Å². The number of piperidine rings is 1. The molecule has 2 fully saturated rings. The van der Waals surface area contributed by atoms with Crippen molar-refractivity contribution in [3.8, 4) is 0 Å². The highest BCUT2D eigenvalue weighted by Gasteiger charge is 2.25. The average Bonchev–Trinajstić information content (AvgIpc) is 2.91. The molecule has 0 aliphatic carbocycles. The van der Waals surface area contributed by atoms with Crippen molar-refractivity contribution in [1.82, 2.24) is 25.0 Å². The van der Waals surface area contributed by atoms with Crippen LogP contribution in [0.2, 0.25) is 0 Å². The van der Waals surface area contributed by atoms with Gasteiger partial charge in [-0.2, -0.15) is 0 Å². The van der Waals surface area contributed by atoms with Gasteiger partial charge >= 0.3 is 0 Å². The molecule has 34 heavy (non-hydrogen) atoms. The Morgan fingerprint density at radius 2 is 1.59 bits per heavy atom. The van der Waals surface area contributed by atoms with Crippen molar-refractivity contribution in [3.05, 3.63) is 83.8 Å². The average molecular weight is 457 g/mol. The van der Waals surface area contributed by atoms with Crippen LogP contribution in [0.5, 0.6) is 0 Å². The van der Waals surface area contributed by atoms with Gasteiger partial charge < -0.3 is 9.80 Å². The summed E-state index contributed by atoms with van der Waals surface area (Å²) in [6.07, 6.45) is 5.27. The van der Waals surface area contributed by atoms with Crippen LogP contribution in [0.3, 0.4) is 0 Å². The smallest absolute Gasteiger partial charge is 0.274 e. The lowest BCUT2D eigenvalue weighted by atomic mass is 9.90. The van der Waals surface area contributed by atoms with E-state index in [9.17, 15) is 4.79 Å². The van der Waals surface area contributed by atoms with Gasteiger partial charge in [0.25, 0.3) is 5.91 Å². The fourth-order valence-electron chi connectivity index (χ4n) is 4.91. The summed E-state index contributed by atoms with van der Waals surface area (Å²) in [5, 5.41) is 8.70. The maximum Gasteiger partial charge on any atom is 0.274 e. The van der Waals surface area contributed by atoms with Crippen molar-refractivity contribution in [2.24, 2.45) is 5.92 Å². The number of carbonyl (C=O) groups excluding carboxylic acids is 1. The third-order valence-corrected chi connectivity index (χ3v) is 6.95. The molecule has 1 aromatic carbocycles. The number of benzene rings is 1. The van der Waals surface area contributed by atoms with Crippen molar-refractivity contribution in [2.45, 2.75) is 25.8 Å². The normalized spacial score (nSPS) is 17.6. The molecule has 7 nitrogen and oxygen atoms in total. The van der Waals surface area contributed by atoms with Crippen LogP contribution < -0.4 is 4.90 Å². The zero-order chi connectivity index (χ0) is 23.2. The SMILES string of the molecule is O=C(c1ccc(N2CCC(Cc3ccccc3)CC2)nn1)N1CCN(Cc2ccccn2)CC1. The molecule has 176 valence electrons. The summed E-state index contributed by atoms with van der Waals surface area (Å²) in [4.78, 5) is 23.9. The number of piperazine rings is 1. The van der Waals surface area contributed by atoms with E-state index in [-0.39, 0.29) is 5.91 Å². The number of hydrogen-bond acceptors (Lipinski definition) is 6. The maximum absolute atomic E-state index is 12.9. The van der Waals surface area contributed by atoms with Gasteiger partial charge in [-0.25, -0.2) is 0 Å². The Balaban J connectivity index is 1.09. The fraction of sp³-hybridized carbons (Fsp3) is 0.407. The second kappa shape index (κ2) is 10.7. The van der Waals surface area contributed by atoms with Gasteiger partial charge in [0, 0.05) is 52.0 Å². The van der Waals surface area contributed by atoms with Crippen LogP contribution in [-0.4, -0.2) is 70.2 Å². The van der Waals surface area contributed by atoms with Crippen LogP contribution in [-0.2, 0) is 13.0 Å². The minimum atomic E-state index is -0.0295. The molecule has 0 unspecified atom stereocenters. The molecule has 7 heteroatoms. The van der Waals surface area contributed by atoms with Crippen LogP contribution in [0.4, 0.5) is 5.82 Å². The summed E-state index contributed by atoms with van der Waals surface area (Å²) in [5.74, 6) is 1.55. The Morgan fingerprint density at radius 1 is 0.824 bits per heavy atom. The molecule has 0 bridgehead atoms. The number of nitrogens with zero attached hydrogens (tertiary/aromatic N) is 6. The van der Waals surface area contributed by atoms with E-state index in [0.717, 1.165) is 63.5 Å². The van der Waals surface area contributed by atoms with E-state index in [1.54, 1.807) is 0 Å². The third-order valence-electron chi connectivity index (χ3n) is 6.95. The Morgan fingerprint density at radius 3 is 2.26 bits per heavy atom. The highest BCUT2D eigenvalue weighted by molar-refractivity contribution is 5.92. The number of aromatic nitrogens is 3. The molecule has 0 N–H and O–H groups in total. The monoisotopic (exact) mass is 456 g/mol. The third kappa shape index (κ3) is 5.59. The van der Waals surface area contributed by atoms with Crippen molar-refractivity contribution in [3.63, 3.8) is 0 Å². The molecule has 2 aromatic heterocycles. The molecule has 5 rings (SSSR count). The minimum absolute atomic E-state index is 0.0295. The van der Waals surface area contributed by atoms with E-state index in [1.807, 2.05) is 41.4 Å². The highest BCUT2D eigenvalue weighted by atomic mass is 16.2. The van der Waals surface area contributed by atoms with Gasteiger partial charge in [-0.1, -0.05) is 36.4 Å². The summed E-state index contributed by atoms with van der Waals surface area (Å²) < 4.78 is 0. The fourth-order valence-corrected chi connectivity index (χ4v) is 4.91. The number of amides is 1. The van der Waals surface area contributed by atoms with Crippen molar-refractivity contribution < 1.29 is 4.79 Å². The second-order valence-corrected chi connectivity index (χ2v) is 9.29. The van der Waals surface area contributed by atoms with Gasteiger partial charge in [-0.05, 0) is 55.0 Å². The van der Waals surface area contributed by atoms with Gasteiger partial charge in [0.15, 0.2) is 11.5 Å². The van der Waals surface area contributed by atoms with Crippen LogP contribution in [0, 0.1) is 5.92 Å². The predicted octanol–water partition coefficient (Wildman–Crippen LogP) is 3.29. The summed E-state index contributed by atoms with van der Waals surface area (Å²) in [5.41, 5.74) is 2.91. The molecule has 0 saturated carbocycles. The van der Waals surface area contributed by atoms with E-state index >= 15 is 0 Å². The first-order chi connectivity index (χ1) is 16.7. The Labute approximate surface area is 201 Å². The molecule has 4 heterocycles. The van der Waals surface area contributed by atoms with Gasteiger partial charge in [0.2, 0.25) is 0 Å². The molecule has 0 atom stereocenters. The van der Waals surface area contributed by atoms with Crippen molar-refractivity contribution in [2.75, 3.05) is 44.2 Å². The van der Waals surface area contributed by atoms with Crippen LogP contribution in [0.25, 0.3) is 0 Å². The maximum atomic E-state index is 12.9. The van der Waals surface area contributed by atoms with Crippen molar-refractivity contribution >= 4 is 11.7 Å². The highest BCUT2D eigenvalue weighted by Crippen LogP contribution is 2.24. The molecule has 0 spiro atoms. The quantitative estimate of drug-likeness (QED) is 0.567. The summed E-state index contributed by atoms with van der Waals surface area (Å²) in [6.45, 7) is 5.86. The predicted molar refractivity (Wildman–Crippen MR) is 133 cm³/mol. The van der Waals surface area contributed by atoms with E-state index in [2.05, 4.69) is 55.3 Å². The standard InChI is InChI=1S/C27H32N6O/c34-27(33-18-16-31(17-19-33)21-24-8-4-5-13-28-24)25-9-10-26(30-29-25)32-14-11-23(12-15-32)20-22-6-2-1-3-7-22/h1-10,13,23H,11-12,14-21H2. The number of carbonyl (C=O) groups is 1. The molecule has 1 amide bonds. The van der Waals surface area contributed by atoms with Crippen LogP contribution in [0.15, 0.2) is 66.9 Å². The lowest BCUT2D eigenvalue weighted by Crippen LogP contribution is -2.48. The van der Waals surface area contributed by atoms with Gasteiger partial charge in [0.1, 0.15) is 0 Å². The molecule has 0 radical (unpaired) electrons. The lowest BCUT2D eigenvalue weighted by Gasteiger charge is -2.34. The summed E-state index contributed by atoms with van der Waals surface area (Å²) >= 11 is 0. The molecule has 2 saturated heterocycles. The number of hydrogen-bond donors (Lipinski definition) is 0. The molecule has 3 aromatic rings. The van der Waals surface area contributed by atoms with E-state index in [4.69, 9.17) is 0 Å². The molecular weight excluding hydrogens is 424 g/mol. The first kappa shape index (κ1) is 22.5. The minimum Gasteiger partial charge on any atom is -0.355 e. The van der Waals surface area contributed by atoms with Crippen LogP contribution in [0.1, 0.15) is 34.6 Å². The first-order valence-corrected chi connectivity index (χ1v) is 12.3. The molecule has 2 aliphatic heterocycles. The zero-order valence-corrected chi connectivity index (χ0v) is 19.6. The summed E-state index contributed by atoms with van der Waals surface area (Å²) in [6, 6.07) is 20.5. The number of pyridine rings is 1. The topological polar surface area (TPSA) is 65.5 Å². The number of anilines is 1. The van der Waals surface area contributed by atoms with E-state index < -0.39 is 0 Å². The van der Waals surface area contributed by atoms with Gasteiger partial charge in [0.05, 0.1) is 5.69 Å². The van der Waals surface area contributed by atoms with E-state index in [1.165, 1.54) is 5.56 Å². The van der Waals surface area contributed by atoms with E-state index in [0.29, 0.717) is 24.7 Å².